The van der Waals surface area contributed by atoms with Crippen molar-refractivity contribution in [2.45, 2.75) is 38.1 Å². The number of H-pyrrole nitrogens is 1. The molecule has 0 radical (unpaired) electrons. The van der Waals surface area contributed by atoms with Crippen LogP contribution in [0.4, 0.5) is 5.69 Å². The summed E-state index contributed by atoms with van der Waals surface area (Å²) in [6.45, 7) is 5.07. The molecule has 6 nitrogen and oxygen atoms in total. The molecule has 3 aromatic rings. The number of hydrogen-bond acceptors (Lipinski definition) is 5. The summed E-state index contributed by atoms with van der Waals surface area (Å²) in [5.74, 6) is -0.0282. The van der Waals surface area contributed by atoms with Gasteiger partial charge in [0.1, 0.15) is 0 Å². The number of anilines is 1. The molecule has 0 amide bonds. The van der Waals surface area contributed by atoms with Gasteiger partial charge in [0.2, 0.25) is 0 Å². The van der Waals surface area contributed by atoms with E-state index in [9.17, 15) is 13.2 Å². The van der Waals surface area contributed by atoms with Crippen LogP contribution in [0.25, 0.3) is 10.9 Å². The Labute approximate surface area is 176 Å². The number of aliphatic imine (C=N–C) groups is 1. The average molecular weight is 424 g/mol. The molecule has 2 N–H and O–H groups in total. The largest absolute Gasteiger partial charge is 0.381 e. The van der Waals surface area contributed by atoms with E-state index < -0.39 is 9.84 Å². The highest BCUT2D eigenvalue weighted by Gasteiger charge is 2.20. The predicted octanol–water partition coefficient (Wildman–Crippen LogP) is 3.77. The highest BCUT2D eigenvalue weighted by Crippen LogP contribution is 2.20. The Morgan fingerprint density at radius 1 is 1.10 bits per heavy atom. The van der Waals surface area contributed by atoms with E-state index in [0.29, 0.717) is 24.3 Å². The summed E-state index contributed by atoms with van der Waals surface area (Å²) in [5.41, 5.74) is 4.96. The van der Waals surface area contributed by atoms with Gasteiger partial charge in [-0.15, -0.1) is 0 Å². The van der Waals surface area contributed by atoms with Gasteiger partial charge in [-0.25, -0.2) is 8.42 Å². The molecule has 0 bridgehead atoms. The molecule has 0 spiro atoms. The van der Waals surface area contributed by atoms with Gasteiger partial charge in [0.15, 0.2) is 9.84 Å². The first kappa shape index (κ1) is 20.3. The molecule has 0 saturated heterocycles. The molecule has 0 atom stereocenters. The molecule has 0 fully saturated rings. The Kier molecular flexibility index (Phi) is 5.47. The van der Waals surface area contributed by atoms with Crippen molar-refractivity contribution in [2.75, 3.05) is 17.6 Å². The summed E-state index contributed by atoms with van der Waals surface area (Å²) in [5, 5.41) is 4.16. The number of sulfone groups is 1. The van der Waals surface area contributed by atoms with E-state index in [2.05, 4.69) is 21.4 Å². The van der Waals surface area contributed by atoms with Crippen molar-refractivity contribution in [1.82, 2.24) is 4.98 Å². The number of nitrogens with one attached hydrogen (secondary N) is 2. The van der Waals surface area contributed by atoms with Gasteiger partial charge in [-0.1, -0.05) is 6.07 Å². The van der Waals surface area contributed by atoms with Crippen LogP contribution in [0.2, 0.25) is 0 Å². The lowest BCUT2D eigenvalue weighted by Gasteiger charge is -2.10. The Bertz CT molecular complexity index is 1310. The van der Waals surface area contributed by atoms with E-state index in [1.807, 2.05) is 26.0 Å². The summed E-state index contributed by atoms with van der Waals surface area (Å²) >= 11 is 0. The lowest BCUT2D eigenvalue weighted by molar-refractivity contribution is 0.599. The molecule has 1 aliphatic rings. The van der Waals surface area contributed by atoms with Crippen LogP contribution in [0, 0.1) is 13.8 Å². The van der Waals surface area contributed by atoms with Gasteiger partial charge >= 0.3 is 0 Å². The molecule has 0 aliphatic carbocycles. The summed E-state index contributed by atoms with van der Waals surface area (Å²) in [6, 6.07) is 12.6. The van der Waals surface area contributed by atoms with Crippen LogP contribution in [0.5, 0.6) is 0 Å². The zero-order chi connectivity index (χ0) is 21.3. The smallest absolute Gasteiger partial charge is 0.253 e. The van der Waals surface area contributed by atoms with E-state index in [0.717, 1.165) is 35.0 Å². The van der Waals surface area contributed by atoms with Gasteiger partial charge in [-0.3, -0.25) is 9.79 Å². The molecule has 156 valence electrons. The molecule has 4 rings (SSSR count). The van der Waals surface area contributed by atoms with Crippen molar-refractivity contribution in [3.8, 4) is 0 Å². The van der Waals surface area contributed by atoms with Gasteiger partial charge in [-0.05, 0) is 79.6 Å². The summed E-state index contributed by atoms with van der Waals surface area (Å²) in [6.07, 6.45) is 1.67. The van der Waals surface area contributed by atoms with Gasteiger partial charge in [0, 0.05) is 35.6 Å². The third-order valence-corrected chi connectivity index (χ3v) is 7.21. The fourth-order valence-electron chi connectivity index (χ4n) is 3.67. The SMILES string of the molecule is Cc1cc2cc(CNc3cccc(S(=O)(=O)CC4=NCCC4)c3)c(=O)[nH]c2cc1C. The first-order chi connectivity index (χ1) is 14.3. The maximum absolute atomic E-state index is 12.7. The highest BCUT2D eigenvalue weighted by atomic mass is 32.2. The van der Waals surface area contributed by atoms with E-state index in [1.54, 1.807) is 24.3 Å². The quantitative estimate of drug-likeness (QED) is 0.631. The van der Waals surface area contributed by atoms with Crippen LogP contribution in [0.15, 0.2) is 57.1 Å². The van der Waals surface area contributed by atoms with Crippen LogP contribution < -0.4 is 10.9 Å². The molecular weight excluding hydrogens is 398 g/mol. The monoisotopic (exact) mass is 423 g/mol. The number of pyridine rings is 1. The Morgan fingerprint density at radius 2 is 1.90 bits per heavy atom. The van der Waals surface area contributed by atoms with E-state index >= 15 is 0 Å². The minimum Gasteiger partial charge on any atom is -0.381 e. The first-order valence-electron chi connectivity index (χ1n) is 10.0. The minimum atomic E-state index is -3.43. The van der Waals surface area contributed by atoms with Crippen molar-refractivity contribution in [3.63, 3.8) is 0 Å². The molecule has 0 saturated carbocycles. The second-order valence-electron chi connectivity index (χ2n) is 7.84. The predicted molar refractivity (Wildman–Crippen MR) is 121 cm³/mol. The molecule has 1 aromatic heterocycles. The van der Waals surface area contributed by atoms with Crippen LogP contribution in [-0.4, -0.2) is 31.4 Å². The number of fused-ring (bicyclic) bond motifs is 1. The van der Waals surface area contributed by atoms with Crippen LogP contribution >= 0.6 is 0 Å². The minimum absolute atomic E-state index is 0.0282. The average Bonchev–Trinajstić information content (AvgIpc) is 3.20. The number of aromatic nitrogens is 1. The lowest BCUT2D eigenvalue weighted by Crippen LogP contribution is -2.16. The van der Waals surface area contributed by atoms with Crippen LogP contribution in [-0.2, 0) is 16.4 Å². The third kappa shape index (κ3) is 4.31. The Morgan fingerprint density at radius 3 is 2.67 bits per heavy atom. The number of aryl methyl sites for hydroxylation is 2. The van der Waals surface area contributed by atoms with Crippen molar-refractivity contribution in [2.24, 2.45) is 4.99 Å². The number of nitrogens with zero attached hydrogens (tertiary/aromatic N) is 1. The van der Waals surface area contributed by atoms with E-state index in [4.69, 9.17) is 0 Å². The molecular formula is C23H25N3O3S. The third-order valence-electron chi connectivity index (χ3n) is 5.53. The van der Waals surface area contributed by atoms with Crippen molar-refractivity contribution >= 4 is 32.1 Å². The van der Waals surface area contributed by atoms with Crippen molar-refractivity contribution in [1.29, 1.82) is 0 Å². The molecule has 2 aromatic carbocycles. The summed E-state index contributed by atoms with van der Waals surface area (Å²) in [7, 11) is -3.43. The molecule has 7 heteroatoms. The maximum atomic E-state index is 12.7. The second kappa shape index (κ2) is 8.07. The maximum Gasteiger partial charge on any atom is 0.253 e. The zero-order valence-corrected chi connectivity index (χ0v) is 18.0. The normalized spacial score (nSPS) is 14.1. The van der Waals surface area contributed by atoms with E-state index in [-0.39, 0.29) is 16.2 Å². The fraction of sp³-hybridized carbons (Fsp3) is 0.304. The van der Waals surface area contributed by atoms with Gasteiger partial charge in [0.05, 0.1) is 10.6 Å². The number of rotatable bonds is 6. The van der Waals surface area contributed by atoms with Gasteiger partial charge in [-0.2, -0.15) is 0 Å². The van der Waals surface area contributed by atoms with Crippen LogP contribution in [0.1, 0.15) is 29.5 Å². The number of benzene rings is 2. The number of aromatic amines is 1. The molecule has 30 heavy (non-hydrogen) atoms. The van der Waals surface area contributed by atoms with Gasteiger partial charge in [0.25, 0.3) is 5.56 Å². The zero-order valence-electron chi connectivity index (χ0n) is 17.2. The fourth-order valence-corrected chi connectivity index (χ4v) is 5.10. The number of hydrogen-bond donors (Lipinski definition) is 2. The molecule has 1 aliphatic heterocycles. The molecule has 0 unspecified atom stereocenters. The van der Waals surface area contributed by atoms with Crippen molar-refractivity contribution in [3.05, 3.63) is 69.5 Å². The topological polar surface area (TPSA) is 91.4 Å². The van der Waals surface area contributed by atoms with Crippen molar-refractivity contribution < 1.29 is 8.42 Å². The highest BCUT2D eigenvalue weighted by molar-refractivity contribution is 7.92. The first-order valence-corrected chi connectivity index (χ1v) is 11.7. The van der Waals surface area contributed by atoms with Crippen LogP contribution in [0.3, 0.4) is 0 Å². The summed E-state index contributed by atoms with van der Waals surface area (Å²) < 4.78 is 25.4. The Hall–Kier alpha value is -2.93. The van der Waals surface area contributed by atoms with Gasteiger partial charge < -0.3 is 10.3 Å². The summed E-state index contributed by atoms with van der Waals surface area (Å²) in [4.78, 5) is 19.9. The Balaban J connectivity index is 1.54. The second-order valence-corrected chi connectivity index (χ2v) is 9.83. The lowest BCUT2D eigenvalue weighted by atomic mass is 10.0. The molecule has 2 heterocycles. The van der Waals surface area contributed by atoms with E-state index in [1.165, 1.54) is 5.56 Å². The standard InChI is InChI=1S/C23H25N3O3S/c1-15-9-17-11-18(23(27)26-22(17)10-16(15)2)13-25-19-5-3-7-21(12-19)30(28,29)14-20-6-4-8-24-20/h3,5,7,9-12,25H,4,6,8,13-14H2,1-2H3,(H,26,27).